The summed E-state index contributed by atoms with van der Waals surface area (Å²) in [6.45, 7) is 2.12. The maximum atomic E-state index is 11.6. The molecule has 1 atom stereocenters. The molecule has 0 saturated carbocycles. The van der Waals surface area contributed by atoms with E-state index in [0.717, 1.165) is 12.8 Å². The van der Waals surface area contributed by atoms with Crippen molar-refractivity contribution < 1.29 is 9.90 Å². The zero-order valence-electron chi connectivity index (χ0n) is 9.31. The molecule has 0 fully saturated rings. The number of aliphatic hydroxyl groups is 1. The summed E-state index contributed by atoms with van der Waals surface area (Å²) in [5, 5.41) is 8.65. The van der Waals surface area contributed by atoms with Crippen LogP contribution in [0, 0.1) is 0 Å². The zero-order valence-corrected chi connectivity index (χ0v) is 9.31. The van der Waals surface area contributed by atoms with E-state index < -0.39 is 0 Å². The number of pyridine rings is 1. The molecule has 1 amide bonds. The molecule has 1 aromatic rings. The van der Waals surface area contributed by atoms with Crippen molar-refractivity contribution in [3.05, 3.63) is 30.1 Å². The summed E-state index contributed by atoms with van der Waals surface area (Å²) in [7, 11) is 0. The Labute approximate surface area is 94.9 Å². The van der Waals surface area contributed by atoms with E-state index in [1.807, 2.05) is 6.92 Å². The first kappa shape index (κ1) is 12.6. The van der Waals surface area contributed by atoms with Crippen LogP contribution in [0.1, 0.15) is 30.1 Å². The molecule has 0 spiro atoms. The van der Waals surface area contributed by atoms with Crippen LogP contribution in [0.25, 0.3) is 0 Å². The number of aliphatic hydroxyl groups excluding tert-OH is 1. The van der Waals surface area contributed by atoms with E-state index in [1.54, 1.807) is 24.5 Å². The second-order valence-corrected chi connectivity index (χ2v) is 3.60. The molecule has 0 saturated heterocycles. The number of hydrazine groups is 1. The van der Waals surface area contributed by atoms with Gasteiger partial charge in [0.2, 0.25) is 0 Å². The molecule has 16 heavy (non-hydrogen) atoms. The lowest BCUT2D eigenvalue weighted by atomic mass is 10.2. The molecule has 1 rings (SSSR count). The minimum absolute atomic E-state index is 0.137. The van der Waals surface area contributed by atoms with Gasteiger partial charge in [-0.15, -0.1) is 0 Å². The monoisotopic (exact) mass is 223 g/mol. The summed E-state index contributed by atoms with van der Waals surface area (Å²) in [5.41, 5.74) is 6.06. The topological polar surface area (TPSA) is 74.2 Å². The van der Waals surface area contributed by atoms with Gasteiger partial charge in [-0.25, -0.2) is 5.43 Å². The van der Waals surface area contributed by atoms with Gasteiger partial charge in [-0.2, -0.15) is 0 Å². The SMILES string of the molecule is CC(CCCO)NNC(=O)c1ccncc1. The standard InChI is InChI=1S/C11H17N3O2/c1-9(3-2-8-15)13-14-11(16)10-4-6-12-7-5-10/h4-7,9,13,15H,2-3,8H2,1H3,(H,14,16). The minimum Gasteiger partial charge on any atom is -0.396 e. The Morgan fingerprint density at radius 1 is 1.50 bits per heavy atom. The minimum atomic E-state index is -0.182. The van der Waals surface area contributed by atoms with E-state index in [9.17, 15) is 4.79 Å². The Morgan fingerprint density at radius 3 is 2.81 bits per heavy atom. The number of carbonyl (C=O) groups excluding carboxylic acids is 1. The molecule has 0 aliphatic heterocycles. The first-order chi connectivity index (χ1) is 7.74. The predicted molar refractivity (Wildman–Crippen MR) is 60.6 cm³/mol. The molecule has 1 heterocycles. The lowest BCUT2D eigenvalue weighted by Gasteiger charge is -2.13. The highest BCUT2D eigenvalue weighted by Gasteiger charge is 2.06. The van der Waals surface area contributed by atoms with Crippen molar-refractivity contribution in [2.75, 3.05) is 6.61 Å². The van der Waals surface area contributed by atoms with Gasteiger partial charge >= 0.3 is 0 Å². The fourth-order valence-electron chi connectivity index (χ4n) is 1.23. The number of amides is 1. The van der Waals surface area contributed by atoms with Crippen molar-refractivity contribution in [2.24, 2.45) is 0 Å². The van der Waals surface area contributed by atoms with Gasteiger partial charge in [-0.1, -0.05) is 0 Å². The predicted octanol–water partition coefficient (Wildman–Crippen LogP) is 0.477. The van der Waals surface area contributed by atoms with Gasteiger partial charge in [0.15, 0.2) is 0 Å². The van der Waals surface area contributed by atoms with E-state index in [0.29, 0.717) is 5.56 Å². The normalized spacial score (nSPS) is 12.1. The van der Waals surface area contributed by atoms with Gasteiger partial charge < -0.3 is 5.11 Å². The molecular weight excluding hydrogens is 206 g/mol. The van der Waals surface area contributed by atoms with E-state index in [2.05, 4.69) is 15.8 Å². The van der Waals surface area contributed by atoms with Crippen LogP contribution in [0.4, 0.5) is 0 Å². The van der Waals surface area contributed by atoms with Crippen molar-refractivity contribution in [1.82, 2.24) is 15.8 Å². The van der Waals surface area contributed by atoms with Crippen LogP contribution in [-0.4, -0.2) is 28.6 Å². The molecule has 0 aliphatic rings. The molecule has 88 valence electrons. The summed E-state index contributed by atoms with van der Waals surface area (Å²) < 4.78 is 0. The van der Waals surface area contributed by atoms with E-state index in [-0.39, 0.29) is 18.6 Å². The molecule has 0 bridgehead atoms. The number of hydrogen-bond acceptors (Lipinski definition) is 4. The van der Waals surface area contributed by atoms with E-state index in [4.69, 9.17) is 5.11 Å². The second-order valence-electron chi connectivity index (χ2n) is 3.60. The van der Waals surface area contributed by atoms with Crippen LogP contribution < -0.4 is 10.9 Å². The highest BCUT2D eigenvalue weighted by Crippen LogP contribution is 1.96. The molecule has 1 unspecified atom stereocenters. The van der Waals surface area contributed by atoms with Crippen molar-refractivity contribution in [2.45, 2.75) is 25.8 Å². The first-order valence-electron chi connectivity index (χ1n) is 5.31. The Hall–Kier alpha value is -1.46. The fourth-order valence-corrected chi connectivity index (χ4v) is 1.23. The van der Waals surface area contributed by atoms with Crippen molar-refractivity contribution in [3.63, 3.8) is 0 Å². The summed E-state index contributed by atoms with van der Waals surface area (Å²) in [6, 6.07) is 3.43. The average molecular weight is 223 g/mol. The molecule has 0 radical (unpaired) electrons. The van der Waals surface area contributed by atoms with E-state index in [1.165, 1.54) is 0 Å². The smallest absolute Gasteiger partial charge is 0.265 e. The Morgan fingerprint density at radius 2 is 2.19 bits per heavy atom. The third-order valence-electron chi connectivity index (χ3n) is 2.17. The third kappa shape index (κ3) is 4.37. The lowest BCUT2D eigenvalue weighted by Crippen LogP contribution is -2.43. The first-order valence-corrected chi connectivity index (χ1v) is 5.31. The van der Waals surface area contributed by atoms with Crippen molar-refractivity contribution in [1.29, 1.82) is 0 Å². The number of rotatable bonds is 6. The molecule has 0 aliphatic carbocycles. The number of carbonyl (C=O) groups is 1. The quantitative estimate of drug-likeness (QED) is 0.613. The molecular formula is C11H17N3O2. The Kier molecular flexibility index (Phi) is 5.45. The fraction of sp³-hybridized carbons (Fsp3) is 0.455. The van der Waals surface area contributed by atoms with Crippen LogP contribution in [0.3, 0.4) is 0 Å². The number of aromatic nitrogens is 1. The third-order valence-corrected chi connectivity index (χ3v) is 2.17. The highest BCUT2D eigenvalue weighted by atomic mass is 16.3. The summed E-state index contributed by atoms with van der Waals surface area (Å²) in [6.07, 6.45) is 4.68. The van der Waals surface area contributed by atoms with Crippen LogP contribution in [0.2, 0.25) is 0 Å². The summed E-state index contributed by atoms with van der Waals surface area (Å²) in [4.78, 5) is 15.4. The maximum Gasteiger partial charge on any atom is 0.265 e. The van der Waals surface area contributed by atoms with Crippen LogP contribution in [-0.2, 0) is 0 Å². The van der Waals surface area contributed by atoms with Gasteiger partial charge in [-0.05, 0) is 31.9 Å². The van der Waals surface area contributed by atoms with Crippen LogP contribution >= 0.6 is 0 Å². The average Bonchev–Trinajstić information content (AvgIpc) is 2.34. The molecule has 0 aromatic carbocycles. The Bertz CT molecular complexity index is 316. The molecule has 5 nitrogen and oxygen atoms in total. The molecule has 3 N–H and O–H groups in total. The van der Waals surface area contributed by atoms with Crippen molar-refractivity contribution in [3.8, 4) is 0 Å². The van der Waals surface area contributed by atoms with Gasteiger partial charge in [0.25, 0.3) is 5.91 Å². The summed E-state index contributed by atoms with van der Waals surface area (Å²) >= 11 is 0. The number of nitrogens with zero attached hydrogens (tertiary/aromatic N) is 1. The maximum absolute atomic E-state index is 11.6. The summed E-state index contributed by atoms with van der Waals surface area (Å²) in [5.74, 6) is -0.182. The van der Waals surface area contributed by atoms with Gasteiger partial charge in [0.05, 0.1) is 0 Å². The number of hydrogen-bond donors (Lipinski definition) is 3. The Balaban J connectivity index is 2.30. The van der Waals surface area contributed by atoms with Gasteiger partial charge in [0.1, 0.15) is 0 Å². The lowest BCUT2D eigenvalue weighted by molar-refractivity contribution is 0.0924. The van der Waals surface area contributed by atoms with Crippen molar-refractivity contribution >= 4 is 5.91 Å². The molecule has 1 aromatic heterocycles. The number of nitrogens with one attached hydrogen (secondary N) is 2. The van der Waals surface area contributed by atoms with E-state index >= 15 is 0 Å². The van der Waals surface area contributed by atoms with Crippen LogP contribution in [0.15, 0.2) is 24.5 Å². The van der Waals surface area contributed by atoms with Gasteiger partial charge in [-0.3, -0.25) is 15.2 Å². The zero-order chi connectivity index (χ0) is 11.8. The van der Waals surface area contributed by atoms with Gasteiger partial charge in [0, 0.05) is 30.6 Å². The molecule has 5 heteroatoms. The van der Waals surface area contributed by atoms with Crippen LogP contribution in [0.5, 0.6) is 0 Å². The highest BCUT2D eigenvalue weighted by molar-refractivity contribution is 5.93. The largest absolute Gasteiger partial charge is 0.396 e. The second kappa shape index (κ2) is 6.92.